The van der Waals surface area contributed by atoms with E-state index >= 15 is 0 Å². The third-order valence-electron chi connectivity index (χ3n) is 3.36. The number of carbonyl (C=O) groups is 1. The zero-order chi connectivity index (χ0) is 16.8. The third kappa shape index (κ3) is 2.86. The molecule has 2 aliphatic rings. The molecule has 2 aliphatic heterocycles. The van der Waals surface area contributed by atoms with E-state index in [9.17, 15) is 22.4 Å². The molecule has 0 bridgehead atoms. The van der Waals surface area contributed by atoms with Gasteiger partial charge in [0.15, 0.2) is 12.4 Å². The second-order valence-corrected chi connectivity index (χ2v) is 5.06. The minimum atomic E-state index is -4.55. The van der Waals surface area contributed by atoms with Gasteiger partial charge >= 0.3 is 6.18 Å². The molecule has 9 heteroatoms. The number of rotatable bonds is 1. The Bertz CT molecular complexity index is 740. The molecule has 0 aliphatic carbocycles. The van der Waals surface area contributed by atoms with Crippen LogP contribution >= 0.6 is 0 Å². The number of ether oxygens (including phenoxy) is 1. The van der Waals surface area contributed by atoms with E-state index in [-0.39, 0.29) is 36.0 Å². The van der Waals surface area contributed by atoms with Crippen molar-refractivity contribution in [3.05, 3.63) is 29.7 Å². The number of benzene rings is 1. The first-order valence-electron chi connectivity index (χ1n) is 6.59. The molecule has 0 radical (unpaired) electrons. The van der Waals surface area contributed by atoms with E-state index in [1.807, 2.05) is 0 Å². The first-order chi connectivity index (χ1) is 10.8. The standard InChI is InChI=1S/C14H11F4N3O2/c1-7-4-21(6-19-13(7)14(16,17)18)10-3-9-11(2-8(10)15)23-5-12(22)20-9/h2-4H,5-6H2,1H3,(H,20,22). The van der Waals surface area contributed by atoms with Crippen LogP contribution in [0.3, 0.4) is 0 Å². The van der Waals surface area contributed by atoms with Crippen LogP contribution in [-0.4, -0.2) is 31.1 Å². The van der Waals surface area contributed by atoms with Crippen molar-refractivity contribution in [2.24, 2.45) is 4.99 Å². The number of carbonyl (C=O) groups excluding carboxylic acids is 1. The summed E-state index contributed by atoms with van der Waals surface area (Å²) in [6, 6.07) is 2.38. The fraction of sp³-hybridized carbons (Fsp3) is 0.286. The van der Waals surface area contributed by atoms with Crippen molar-refractivity contribution >= 4 is 23.0 Å². The van der Waals surface area contributed by atoms with Gasteiger partial charge in [0.1, 0.15) is 18.1 Å². The lowest BCUT2D eigenvalue weighted by Crippen LogP contribution is -2.32. The quantitative estimate of drug-likeness (QED) is 0.806. The van der Waals surface area contributed by atoms with Gasteiger partial charge < -0.3 is 15.0 Å². The van der Waals surface area contributed by atoms with Crippen LogP contribution in [0.5, 0.6) is 5.75 Å². The molecule has 1 aromatic rings. The molecule has 5 nitrogen and oxygen atoms in total. The highest BCUT2D eigenvalue weighted by Gasteiger charge is 2.38. The SMILES string of the molecule is CC1=CN(c2cc3c(cc2F)OCC(=O)N3)CN=C1C(F)(F)F. The maximum atomic E-state index is 14.2. The van der Waals surface area contributed by atoms with E-state index in [1.54, 1.807) is 0 Å². The van der Waals surface area contributed by atoms with Gasteiger partial charge in [0.05, 0.1) is 11.4 Å². The average molecular weight is 329 g/mol. The molecule has 3 rings (SSSR count). The molecule has 0 saturated heterocycles. The Morgan fingerprint density at radius 2 is 2.09 bits per heavy atom. The Labute approximate surface area is 128 Å². The van der Waals surface area contributed by atoms with E-state index in [2.05, 4.69) is 10.3 Å². The van der Waals surface area contributed by atoms with Gasteiger partial charge in [-0.15, -0.1) is 0 Å². The summed E-state index contributed by atoms with van der Waals surface area (Å²) in [5.41, 5.74) is -0.849. The maximum absolute atomic E-state index is 14.2. The van der Waals surface area contributed by atoms with E-state index in [1.165, 1.54) is 24.1 Å². The number of hydrogen-bond donors (Lipinski definition) is 1. The number of halogens is 4. The second kappa shape index (κ2) is 5.25. The van der Waals surface area contributed by atoms with Crippen molar-refractivity contribution < 1.29 is 27.1 Å². The summed E-state index contributed by atoms with van der Waals surface area (Å²) in [7, 11) is 0. The summed E-state index contributed by atoms with van der Waals surface area (Å²) in [5, 5.41) is 2.52. The van der Waals surface area contributed by atoms with E-state index in [0.717, 1.165) is 6.07 Å². The molecule has 1 aromatic carbocycles. The molecule has 0 unspecified atom stereocenters. The largest absolute Gasteiger partial charge is 0.481 e. The van der Waals surface area contributed by atoms with Gasteiger partial charge in [-0.2, -0.15) is 13.2 Å². The summed E-state index contributed by atoms with van der Waals surface area (Å²) in [6.45, 7) is 0.657. The molecule has 0 fully saturated rings. The van der Waals surface area contributed by atoms with Gasteiger partial charge in [0, 0.05) is 12.3 Å². The number of nitrogens with zero attached hydrogens (tertiary/aromatic N) is 2. The minimum absolute atomic E-state index is 0.00104. The van der Waals surface area contributed by atoms with Gasteiger partial charge in [0.2, 0.25) is 0 Å². The van der Waals surface area contributed by atoms with Crippen LogP contribution < -0.4 is 15.0 Å². The van der Waals surface area contributed by atoms with E-state index < -0.39 is 23.6 Å². The van der Waals surface area contributed by atoms with Crippen LogP contribution in [0.25, 0.3) is 0 Å². The summed E-state index contributed by atoms with van der Waals surface area (Å²) in [4.78, 5) is 16.0. The molecule has 0 saturated carbocycles. The fourth-order valence-corrected chi connectivity index (χ4v) is 2.38. The number of aliphatic imine (C=N–C) groups is 1. The van der Waals surface area contributed by atoms with Crippen LogP contribution in [0, 0.1) is 5.82 Å². The lowest BCUT2D eigenvalue weighted by molar-refractivity contribution is -0.118. The molecular formula is C14H11F4N3O2. The first kappa shape index (κ1) is 15.3. The van der Waals surface area contributed by atoms with Crippen molar-refractivity contribution in [3.63, 3.8) is 0 Å². The minimum Gasteiger partial charge on any atom is -0.481 e. The highest BCUT2D eigenvalue weighted by molar-refractivity contribution is 6.05. The van der Waals surface area contributed by atoms with E-state index in [0.29, 0.717) is 0 Å². The molecule has 23 heavy (non-hydrogen) atoms. The van der Waals surface area contributed by atoms with Crippen LogP contribution in [0.1, 0.15) is 6.92 Å². The lowest BCUT2D eigenvalue weighted by Gasteiger charge is -2.27. The maximum Gasteiger partial charge on any atom is 0.433 e. The Balaban J connectivity index is 1.94. The van der Waals surface area contributed by atoms with Crippen molar-refractivity contribution in [3.8, 4) is 5.75 Å². The van der Waals surface area contributed by atoms with Crippen LogP contribution in [0.4, 0.5) is 28.9 Å². The van der Waals surface area contributed by atoms with Crippen molar-refractivity contribution in [1.82, 2.24) is 0 Å². The number of nitrogens with one attached hydrogen (secondary N) is 1. The van der Waals surface area contributed by atoms with Crippen molar-refractivity contribution in [1.29, 1.82) is 0 Å². The zero-order valence-corrected chi connectivity index (χ0v) is 11.9. The normalized spacial score (nSPS) is 17.8. The first-order valence-corrected chi connectivity index (χ1v) is 6.59. The summed E-state index contributed by atoms with van der Waals surface area (Å²) < 4.78 is 57.5. The Hall–Kier alpha value is -2.58. The van der Waals surface area contributed by atoms with Crippen LogP contribution in [-0.2, 0) is 4.79 Å². The number of fused-ring (bicyclic) bond motifs is 1. The highest BCUT2D eigenvalue weighted by Crippen LogP contribution is 2.36. The van der Waals surface area contributed by atoms with Gasteiger partial charge in [-0.1, -0.05) is 0 Å². The number of amides is 1. The second-order valence-electron chi connectivity index (χ2n) is 5.06. The van der Waals surface area contributed by atoms with Crippen molar-refractivity contribution in [2.45, 2.75) is 13.1 Å². The van der Waals surface area contributed by atoms with Gasteiger partial charge in [-0.05, 0) is 18.6 Å². The average Bonchev–Trinajstić information content (AvgIpc) is 2.45. The monoisotopic (exact) mass is 329 g/mol. The molecule has 0 atom stereocenters. The Kier molecular flexibility index (Phi) is 3.50. The van der Waals surface area contributed by atoms with Crippen LogP contribution in [0.15, 0.2) is 28.9 Å². The Morgan fingerprint density at radius 3 is 2.74 bits per heavy atom. The summed E-state index contributed by atoms with van der Waals surface area (Å²) in [6.07, 6.45) is -3.38. The van der Waals surface area contributed by atoms with Gasteiger partial charge in [0.25, 0.3) is 5.91 Å². The predicted molar refractivity (Wildman–Crippen MR) is 75.1 cm³/mol. The predicted octanol–water partition coefficient (Wildman–Crippen LogP) is 2.84. The smallest absolute Gasteiger partial charge is 0.433 e. The topological polar surface area (TPSA) is 53.9 Å². The van der Waals surface area contributed by atoms with Crippen LogP contribution in [0.2, 0.25) is 0 Å². The fourth-order valence-electron chi connectivity index (χ4n) is 2.38. The molecule has 2 heterocycles. The zero-order valence-electron chi connectivity index (χ0n) is 11.9. The highest BCUT2D eigenvalue weighted by atomic mass is 19.4. The third-order valence-corrected chi connectivity index (χ3v) is 3.36. The number of hydrogen-bond acceptors (Lipinski definition) is 4. The number of allylic oxidation sites excluding steroid dienone is 1. The number of anilines is 2. The molecule has 1 amide bonds. The van der Waals surface area contributed by atoms with Gasteiger partial charge in [-0.3, -0.25) is 9.79 Å². The Morgan fingerprint density at radius 1 is 1.35 bits per heavy atom. The van der Waals surface area contributed by atoms with E-state index in [4.69, 9.17) is 4.74 Å². The molecule has 122 valence electrons. The molecule has 0 aromatic heterocycles. The summed E-state index contributed by atoms with van der Waals surface area (Å²) in [5.74, 6) is -0.907. The van der Waals surface area contributed by atoms with Crippen molar-refractivity contribution in [2.75, 3.05) is 23.5 Å². The molecular weight excluding hydrogens is 318 g/mol. The lowest BCUT2D eigenvalue weighted by atomic mass is 10.1. The molecule has 0 spiro atoms. The van der Waals surface area contributed by atoms with Gasteiger partial charge in [-0.25, -0.2) is 4.39 Å². The molecule has 1 N–H and O–H groups in total. The summed E-state index contributed by atoms with van der Waals surface area (Å²) >= 11 is 0. The number of alkyl halides is 3.